The van der Waals surface area contributed by atoms with E-state index in [0.29, 0.717) is 46.9 Å². The van der Waals surface area contributed by atoms with Crippen molar-refractivity contribution in [3.8, 4) is 23.0 Å². The SMILES string of the molecule is CCCc1cc(Oc2ccc(Cl)c(Cl)c2)ccc1OCCCOc1ccc(C2SC(=O)NC2=O)cc1. The third-order valence-corrected chi connectivity index (χ3v) is 7.14. The molecule has 1 N–H and O–H groups in total. The van der Waals surface area contributed by atoms with Gasteiger partial charge in [0.15, 0.2) is 0 Å². The van der Waals surface area contributed by atoms with Gasteiger partial charge < -0.3 is 14.2 Å². The van der Waals surface area contributed by atoms with Gasteiger partial charge in [0.25, 0.3) is 5.24 Å². The Labute approximate surface area is 224 Å². The Morgan fingerprint density at radius 1 is 0.861 bits per heavy atom. The lowest BCUT2D eigenvalue weighted by atomic mass is 10.1. The molecule has 1 fully saturated rings. The third kappa shape index (κ3) is 6.87. The van der Waals surface area contributed by atoms with E-state index in [1.807, 2.05) is 18.2 Å². The van der Waals surface area contributed by atoms with Gasteiger partial charge in [-0.1, -0.05) is 48.7 Å². The number of hydrogen-bond donors (Lipinski definition) is 1. The summed E-state index contributed by atoms with van der Waals surface area (Å²) in [6, 6.07) is 18.2. The zero-order chi connectivity index (χ0) is 25.5. The van der Waals surface area contributed by atoms with Gasteiger partial charge in [0.05, 0.1) is 23.3 Å². The largest absolute Gasteiger partial charge is 0.493 e. The van der Waals surface area contributed by atoms with Crippen molar-refractivity contribution < 1.29 is 23.8 Å². The molecule has 0 aliphatic carbocycles. The maximum atomic E-state index is 11.8. The second-order valence-electron chi connectivity index (χ2n) is 8.09. The number of nitrogens with one attached hydrogen (secondary N) is 1. The van der Waals surface area contributed by atoms with E-state index in [0.717, 1.165) is 41.5 Å². The summed E-state index contributed by atoms with van der Waals surface area (Å²) in [5.41, 5.74) is 1.84. The third-order valence-electron chi connectivity index (χ3n) is 5.36. The second-order valence-corrected chi connectivity index (χ2v) is 9.98. The molecule has 3 aromatic carbocycles. The molecule has 1 aliphatic rings. The van der Waals surface area contributed by atoms with Crippen LogP contribution in [0.15, 0.2) is 60.7 Å². The summed E-state index contributed by atoms with van der Waals surface area (Å²) in [6.45, 7) is 3.10. The highest BCUT2D eigenvalue weighted by Crippen LogP contribution is 2.35. The predicted molar refractivity (Wildman–Crippen MR) is 143 cm³/mol. The lowest BCUT2D eigenvalue weighted by molar-refractivity contribution is -0.119. The first kappa shape index (κ1) is 26.2. The van der Waals surface area contributed by atoms with Crippen LogP contribution in [0.2, 0.25) is 10.0 Å². The molecule has 0 radical (unpaired) electrons. The Morgan fingerprint density at radius 2 is 1.56 bits per heavy atom. The summed E-state index contributed by atoms with van der Waals surface area (Å²) in [5.74, 6) is 2.55. The minimum atomic E-state index is -0.502. The summed E-state index contributed by atoms with van der Waals surface area (Å²) in [6.07, 6.45) is 2.53. The first-order chi connectivity index (χ1) is 17.4. The fourth-order valence-electron chi connectivity index (χ4n) is 3.65. The van der Waals surface area contributed by atoms with E-state index in [2.05, 4.69) is 12.2 Å². The van der Waals surface area contributed by atoms with Crippen LogP contribution < -0.4 is 19.5 Å². The summed E-state index contributed by atoms with van der Waals surface area (Å²) in [7, 11) is 0. The van der Waals surface area contributed by atoms with Gasteiger partial charge in [-0.25, -0.2) is 0 Å². The van der Waals surface area contributed by atoms with Crippen LogP contribution in [-0.4, -0.2) is 24.4 Å². The molecule has 36 heavy (non-hydrogen) atoms. The van der Waals surface area contributed by atoms with Crippen molar-refractivity contribution in [2.24, 2.45) is 0 Å². The molecule has 9 heteroatoms. The number of imide groups is 1. The molecule has 0 saturated carbocycles. The average molecular weight is 546 g/mol. The highest BCUT2D eigenvalue weighted by molar-refractivity contribution is 8.15. The number of ether oxygens (including phenoxy) is 3. The van der Waals surface area contributed by atoms with E-state index in [1.54, 1.807) is 42.5 Å². The fraction of sp³-hybridized carbons (Fsp3) is 0.259. The molecule has 0 spiro atoms. The fourth-order valence-corrected chi connectivity index (χ4v) is 4.77. The van der Waals surface area contributed by atoms with Gasteiger partial charge in [0.1, 0.15) is 28.2 Å². The van der Waals surface area contributed by atoms with E-state index < -0.39 is 5.25 Å². The quantitative estimate of drug-likeness (QED) is 0.250. The zero-order valence-corrected chi connectivity index (χ0v) is 21.9. The molecular weight excluding hydrogens is 521 g/mol. The van der Waals surface area contributed by atoms with Crippen LogP contribution >= 0.6 is 35.0 Å². The molecule has 1 heterocycles. The zero-order valence-electron chi connectivity index (χ0n) is 19.6. The van der Waals surface area contributed by atoms with E-state index in [9.17, 15) is 9.59 Å². The number of carbonyl (C=O) groups excluding carboxylic acids is 2. The minimum absolute atomic E-state index is 0.285. The summed E-state index contributed by atoms with van der Waals surface area (Å²) < 4.78 is 17.8. The van der Waals surface area contributed by atoms with Gasteiger partial charge in [0, 0.05) is 12.5 Å². The maximum Gasteiger partial charge on any atom is 0.286 e. The number of aryl methyl sites for hydroxylation is 1. The van der Waals surface area contributed by atoms with Crippen molar-refractivity contribution in [1.29, 1.82) is 0 Å². The number of thioether (sulfide) groups is 1. The van der Waals surface area contributed by atoms with E-state index in [-0.39, 0.29) is 11.1 Å². The maximum absolute atomic E-state index is 11.8. The van der Waals surface area contributed by atoms with Crippen LogP contribution in [0, 0.1) is 0 Å². The van der Waals surface area contributed by atoms with Gasteiger partial charge >= 0.3 is 0 Å². The van der Waals surface area contributed by atoms with Crippen LogP contribution in [0.25, 0.3) is 0 Å². The van der Waals surface area contributed by atoms with E-state index in [4.69, 9.17) is 37.4 Å². The monoisotopic (exact) mass is 545 g/mol. The molecule has 1 saturated heterocycles. The Balaban J connectivity index is 1.26. The highest BCUT2D eigenvalue weighted by atomic mass is 35.5. The lowest BCUT2D eigenvalue weighted by Crippen LogP contribution is -2.20. The number of hydrogen-bond acceptors (Lipinski definition) is 6. The average Bonchev–Trinajstić information content (AvgIpc) is 3.20. The van der Waals surface area contributed by atoms with Crippen molar-refractivity contribution in [2.45, 2.75) is 31.4 Å². The Bertz CT molecular complexity index is 1240. The van der Waals surface area contributed by atoms with Crippen LogP contribution in [0.5, 0.6) is 23.0 Å². The van der Waals surface area contributed by atoms with Gasteiger partial charge in [-0.3, -0.25) is 14.9 Å². The normalized spacial score (nSPS) is 15.0. The highest BCUT2D eigenvalue weighted by Gasteiger charge is 2.32. The van der Waals surface area contributed by atoms with Gasteiger partial charge in [-0.05, 0) is 71.8 Å². The summed E-state index contributed by atoms with van der Waals surface area (Å²) >= 11 is 13.0. The molecule has 4 rings (SSSR count). The number of benzene rings is 3. The summed E-state index contributed by atoms with van der Waals surface area (Å²) in [5, 5.41) is 2.40. The minimum Gasteiger partial charge on any atom is -0.493 e. The van der Waals surface area contributed by atoms with E-state index in [1.165, 1.54) is 0 Å². The first-order valence-corrected chi connectivity index (χ1v) is 13.2. The molecule has 1 aliphatic heterocycles. The molecule has 2 amide bonds. The number of rotatable bonds is 11. The Morgan fingerprint density at radius 3 is 2.25 bits per heavy atom. The van der Waals surface area contributed by atoms with Gasteiger partial charge in [-0.2, -0.15) is 0 Å². The molecule has 1 unspecified atom stereocenters. The smallest absolute Gasteiger partial charge is 0.286 e. The Kier molecular flexibility index (Phi) is 9.02. The standard InChI is InChI=1S/C27H25Cl2NO5S/c1-2-4-18-15-20(35-21-9-11-22(28)23(29)16-21)10-12-24(18)34-14-3-13-33-19-7-5-17(6-8-19)25-26(31)30-27(32)36-25/h5-12,15-16,25H,2-4,13-14H2,1H3,(H,30,31,32). The number of halogens is 2. The molecule has 0 bridgehead atoms. The molecular formula is C27H25Cl2NO5S. The van der Waals surface area contributed by atoms with Crippen molar-refractivity contribution in [3.05, 3.63) is 81.8 Å². The number of carbonyl (C=O) groups is 2. The molecule has 188 valence electrons. The second kappa shape index (κ2) is 12.4. The topological polar surface area (TPSA) is 73.9 Å². The van der Waals surface area contributed by atoms with Gasteiger partial charge in [0.2, 0.25) is 5.91 Å². The van der Waals surface area contributed by atoms with Gasteiger partial charge in [-0.15, -0.1) is 0 Å². The molecule has 3 aromatic rings. The first-order valence-electron chi connectivity index (χ1n) is 11.6. The summed E-state index contributed by atoms with van der Waals surface area (Å²) in [4.78, 5) is 23.2. The lowest BCUT2D eigenvalue weighted by Gasteiger charge is -2.14. The van der Waals surface area contributed by atoms with Crippen LogP contribution in [0.1, 0.15) is 36.1 Å². The molecule has 1 atom stereocenters. The van der Waals surface area contributed by atoms with Crippen LogP contribution in [0.4, 0.5) is 4.79 Å². The van der Waals surface area contributed by atoms with Crippen LogP contribution in [-0.2, 0) is 11.2 Å². The Hall–Kier alpha value is -2.87. The predicted octanol–water partition coefficient (Wildman–Crippen LogP) is 7.61. The van der Waals surface area contributed by atoms with Crippen molar-refractivity contribution in [3.63, 3.8) is 0 Å². The van der Waals surface area contributed by atoms with Crippen molar-refractivity contribution >= 4 is 46.1 Å². The van der Waals surface area contributed by atoms with Crippen molar-refractivity contribution in [2.75, 3.05) is 13.2 Å². The van der Waals surface area contributed by atoms with Crippen LogP contribution in [0.3, 0.4) is 0 Å². The van der Waals surface area contributed by atoms with E-state index >= 15 is 0 Å². The molecule has 6 nitrogen and oxygen atoms in total. The van der Waals surface area contributed by atoms with Crippen molar-refractivity contribution in [1.82, 2.24) is 5.32 Å². The number of amides is 2. The molecule has 0 aromatic heterocycles.